The van der Waals surface area contributed by atoms with Crippen LogP contribution in [0.2, 0.25) is 5.04 Å². The molecule has 0 bridgehead atoms. The molecule has 298 valence electrons. The van der Waals surface area contributed by atoms with E-state index in [1.54, 1.807) is 25.4 Å². The number of rotatable bonds is 12. The molecule has 56 heavy (non-hydrogen) atoms. The molecule has 3 aromatic carbocycles. The van der Waals surface area contributed by atoms with E-state index < -0.39 is 50.9 Å². The van der Waals surface area contributed by atoms with Gasteiger partial charge in [0.15, 0.2) is 0 Å². The van der Waals surface area contributed by atoms with Gasteiger partial charge in [0.1, 0.15) is 6.54 Å². The smallest absolute Gasteiger partial charge is 0.407 e. The lowest BCUT2D eigenvalue weighted by Gasteiger charge is -2.44. The van der Waals surface area contributed by atoms with Crippen molar-refractivity contribution < 1.29 is 31.6 Å². The third-order valence-corrected chi connectivity index (χ3v) is 16.6. The van der Waals surface area contributed by atoms with Crippen LogP contribution in [0.25, 0.3) is 22.2 Å². The Morgan fingerprint density at radius 2 is 1.39 bits per heavy atom. The second kappa shape index (κ2) is 15.2. The highest BCUT2D eigenvalue weighted by Crippen LogP contribution is 2.44. The molecule has 2 aromatic heterocycles. The fourth-order valence-electron chi connectivity index (χ4n) is 8.05. The number of aromatic nitrogens is 2. The lowest BCUT2D eigenvalue weighted by Crippen LogP contribution is -2.67. The second-order valence-electron chi connectivity index (χ2n) is 18.0. The SMILES string of the molecule is CO[C@@H](C)c1ncccc1-c1c(CC(C)(C)CO[Si](c2ccccc2)(c2ccccc2)C(C)(C)C)c2cc(B3OC(C)(C)C(C)(C)O3)ccc2n1CC(F)(F)F. The molecule has 0 spiro atoms. The van der Waals surface area contributed by atoms with Crippen molar-refractivity contribution in [1.82, 2.24) is 9.55 Å². The molecule has 0 aliphatic carbocycles. The minimum atomic E-state index is -4.50. The second-order valence-corrected chi connectivity index (χ2v) is 22.3. The van der Waals surface area contributed by atoms with E-state index in [0.717, 1.165) is 21.4 Å². The fraction of sp³-hybridized carbons (Fsp3) is 0.444. The normalized spacial score (nSPS) is 16.8. The number of hydrogen-bond donors (Lipinski definition) is 0. The summed E-state index contributed by atoms with van der Waals surface area (Å²) in [6.45, 7) is 20.0. The van der Waals surface area contributed by atoms with Crippen LogP contribution in [0.4, 0.5) is 13.2 Å². The Bertz CT molecular complexity index is 2090. The average Bonchev–Trinajstić information content (AvgIpc) is 3.53. The number of fused-ring (bicyclic) bond motifs is 1. The first kappa shape index (κ1) is 41.9. The number of halogens is 3. The summed E-state index contributed by atoms with van der Waals surface area (Å²) < 4.78 is 71.6. The first-order valence-corrected chi connectivity index (χ1v) is 21.3. The summed E-state index contributed by atoms with van der Waals surface area (Å²) >= 11 is 0. The van der Waals surface area contributed by atoms with Gasteiger partial charge in [-0.1, -0.05) is 107 Å². The van der Waals surface area contributed by atoms with E-state index in [2.05, 4.69) is 88.1 Å². The van der Waals surface area contributed by atoms with Crippen LogP contribution >= 0.6 is 0 Å². The van der Waals surface area contributed by atoms with E-state index in [9.17, 15) is 13.2 Å². The summed E-state index contributed by atoms with van der Waals surface area (Å²) in [5.41, 5.74) is 1.88. The van der Waals surface area contributed by atoms with Crippen molar-refractivity contribution in [1.29, 1.82) is 0 Å². The van der Waals surface area contributed by atoms with Crippen molar-refractivity contribution >= 4 is 42.2 Å². The standard InChI is InChI=1S/C45H56BF3N2O4Si/c1-31(52-11)39-35(23-18-26-50-39)40-37(36-27-32(46-54-43(7,8)44(9,10)55-46)24-25-38(36)51(40)29-45(47,48)49)28-42(5,6)30-53-56(41(2,3)4,33-19-14-12-15-20-33)34-21-16-13-17-22-34/h12-27,31H,28-30H2,1-11H3/t31-/m0/s1. The molecule has 6 rings (SSSR count). The maximum absolute atomic E-state index is 14.7. The lowest BCUT2D eigenvalue weighted by atomic mass is 9.77. The highest BCUT2D eigenvalue weighted by atomic mass is 28.4. The summed E-state index contributed by atoms with van der Waals surface area (Å²) in [6.07, 6.45) is -2.91. The Morgan fingerprint density at radius 3 is 1.91 bits per heavy atom. The summed E-state index contributed by atoms with van der Waals surface area (Å²) in [5.74, 6) is 0. The van der Waals surface area contributed by atoms with Crippen molar-refractivity contribution in [2.45, 2.75) is 111 Å². The fourth-order valence-corrected chi connectivity index (χ4v) is 12.8. The monoisotopic (exact) mass is 784 g/mol. The van der Waals surface area contributed by atoms with Gasteiger partial charge >= 0.3 is 13.3 Å². The Morgan fingerprint density at radius 1 is 0.821 bits per heavy atom. The molecule has 0 unspecified atom stereocenters. The van der Waals surface area contributed by atoms with Gasteiger partial charge in [-0.2, -0.15) is 13.2 Å². The zero-order valence-corrected chi connectivity index (χ0v) is 35.7. The number of hydrogen-bond acceptors (Lipinski definition) is 5. The van der Waals surface area contributed by atoms with Crippen LogP contribution in [-0.4, -0.2) is 56.1 Å². The molecule has 1 atom stereocenters. The molecule has 0 N–H and O–H groups in total. The molecule has 11 heteroatoms. The summed E-state index contributed by atoms with van der Waals surface area (Å²) in [5, 5.41) is 2.78. The maximum atomic E-state index is 14.7. The molecule has 1 aliphatic heterocycles. The summed E-state index contributed by atoms with van der Waals surface area (Å²) in [7, 11) is -2.04. The number of benzene rings is 3. The largest absolute Gasteiger partial charge is 0.494 e. The van der Waals surface area contributed by atoms with Crippen LogP contribution < -0.4 is 15.8 Å². The van der Waals surface area contributed by atoms with Gasteiger partial charge in [0.25, 0.3) is 8.32 Å². The quantitative estimate of drug-likeness (QED) is 0.118. The highest BCUT2D eigenvalue weighted by molar-refractivity contribution is 6.99. The van der Waals surface area contributed by atoms with Gasteiger partial charge in [-0.3, -0.25) is 4.98 Å². The van der Waals surface area contributed by atoms with Gasteiger partial charge in [-0.05, 0) is 91.1 Å². The number of ether oxygens (including phenoxy) is 1. The topological polar surface area (TPSA) is 54.7 Å². The highest BCUT2D eigenvalue weighted by Gasteiger charge is 2.53. The van der Waals surface area contributed by atoms with Crippen LogP contribution in [0.3, 0.4) is 0 Å². The lowest BCUT2D eigenvalue weighted by molar-refractivity contribution is -0.139. The molecular formula is C45H56BF3N2O4Si. The van der Waals surface area contributed by atoms with Crippen molar-refractivity contribution in [2.24, 2.45) is 5.41 Å². The zero-order valence-electron chi connectivity index (χ0n) is 34.7. The minimum Gasteiger partial charge on any atom is -0.407 e. The average molecular weight is 785 g/mol. The van der Waals surface area contributed by atoms with Crippen molar-refractivity contribution in [2.75, 3.05) is 13.7 Å². The molecule has 5 aromatic rings. The van der Waals surface area contributed by atoms with Crippen LogP contribution in [0.15, 0.2) is 97.2 Å². The third kappa shape index (κ3) is 8.03. The molecule has 1 aliphatic rings. The predicted octanol–water partition coefficient (Wildman–Crippen LogP) is 9.42. The first-order valence-electron chi connectivity index (χ1n) is 19.4. The number of nitrogens with zero attached hydrogens (tertiary/aromatic N) is 2. The minimum absolute atomic E-state index is 0.252. The summed E-state index contributed by atoms with van der Waals surface area (Å²) in [4.78, 5) is 4.67. The van der Waals surface area contributed by atoms with Crippen LogP contribution in [0.1, 0.15) is 86.6 Å². The van der Waals surface area contributed by atoms with Gasteiger partial charge in [0, 0.05) is 36.4 Å². The number of pyridine rings is 1. The Kier molecular flexibility index (Phi) is 11.4. The molecule has 0 saturated carbocycles. The maximum Gasteiger partial charge on any atom is 0.494 e. The van der Waals surface area contributed by atoms with E-state index in [1.165, 1.54) is 4.57 Å². The van der Waals surface area contributed by atoms with E-state index >= 15 is 0 Å². The van der Waals surface area contributed by atoms with Gasteiger partial charge in [0.2, 0.25) is 0 Å². The van der Waals surface area contributed by atoms with Gasteiger partial charge < -0.3 is 23.0 Å². The van der Waals surface area contributed by atoms with E-state index in [1.807, 2.05) is 65.0 Å². The Balaban J connectivity index is 1.55. The van der Waals surface area contributed by atoms with Gasteiger partial charge in [0.05, 0.1) is 28.7 Å². The number of alkyl halides is 3. The molecular weight excluding hydrogens is 728 g/mol. The van der Waals surface area contributed by atoms with Crippen molar-refractivity contribution in [3.8, 4) is 11.3 Å². The van der Waals surface area contributed by atoms with Crippen molar-refractivity contribution in [3.63, 3.8) is 0 Å². The van der Waals surface area contributed by atoms with Gasteiger partial charge in [-0.25, -0.2) is 0 Å². The Hall–Kier alpha value is -3.74. The van der Waals surface area contributed by atoms with Gasteiger partial charge in [-0.15, -0.1) is 0 Å². The molecule has 0 radical (unpaired) electrons. The van der Waals surface area contributed by atoms with Crippen LogP contribution in [-0.2, 0) is 31.4 Å². The number of methoxy groups -OCH3 is 1. The van der Waals surface area contributed by atoms with Crippen LogP contribution in [0.5, 0.6) is 0 Å². The molecule has 3 heterocycles. The first-order chi connectivity index (χ1) is 26.1. The predicted molar refractivity (Wildman–Crippen MR) is 223 cm³/mol. The Labute approximate surface area is 332 Å². The molecule has 1 saturated heterocycles. The molecule has 1 fully saturated rings. The molecule has 6 nitrogen and oxygen atoms in total. The van der Waals surface area contributed by atoms with Crippen molar-refractivity contribution in [3.05, 3.63) is 108 Å². The summed E-state index contributed by atoms with van der Waals surface area (Å²) in [6, 6.07) is 30.1. The molecule has 0 amide bonds. The van der Waals surface area contributed by atoms with Crippen LogP contribution in [0, 0.1) is 5.41 Å². The zero-order chi connectivity index (χ0) is 40.9. The van der Waals surface area contributed by atoms with E-state index in [4.69, 9.17) is 18.5 Å². The van der Waals surface area contributed by atoms with E-state index in [-0.39, 0.29) is 5.04 Å². The third-order valence-electron chi connectivity index (χ3n) is 11.6. The van der Waals surface area contributed by atoms with E-state index in [0.29, 0.717) is 40.9 Å².